The van der Waals surface area contributed by atoms with Crippen molar-refractivity contribution in [2.24, 2.45) is 11.7 Å². The van der Waals surface area contributed by atoms with E-state index in [9.17, 15) is 9.18 Å². The summed E-state index contributed by atoms with van der Waals surface area (Å²) in [6.07, 6.45) is 0.488. The Morgan fingerprint density at radius 1 is 1.38 bits per heavy atom. The molecule has 1 aliphatic rings. The van der Waals surface area contributed by atoms with Crippen molar-refractivity contribution in [3.63, 3.8) is 0 Å². The van der Waals surface area contributed by atoms with Crippen molar-refractivity contribution in [2.45, 2.75) is 6.42 Å². The first kappa shape index (κ1) is 16.2. The van der Waals surface area contributed by atoms with Crippen LogP contribution in [0.2, 0.25) is 5.02 Å². The third-order valence-electron chi connectivity index (χ3n) is 3.91. The van der Waals surface area contributed by atoms with Crippen molar-refractivity contribution in [1.29, 1.82) is 0 Å². The second-order valence-corrected chi connectivity index (χ2v) is 5.92. The van der Waals surface area contributed by atoms with Crippen molar-refractivity contribution in [3.8, 4) is 0 Å². The lowest BCUT2D eigenvalue weighted by molar-refractivity contribution is -0.136. The lowest BCUT2D eigenvalue weighted by Gasteiger charge is -2.34. The standard InChI is InChI=1S/C15H21ClFN3O/c1-19-4-6-20(7-5-19)15(21)12(10-18)8-11-2-3-14(17)13(16)9-11/h2-3,9,12H,4-8,10,18H2,1H3. The minimum absolute atomic E-state index is 0.0750. The van der Waals surface area contributed by atoms with Crippen LogP contribution in [0.15, 0.2) is 18.2 Å². The fourth-order valence-electron chi connectivity index (χ4n) is 2.51. The summed E-state index contributed by atoms with van der Waals surface area (Å²) in [6, 6.07) is 4.55. The van der Waals surface area contributed by atoms with Gasteiger partial charge in [-0.05, 0) is 31.2 Å². The largest absolute Gasteiger partial charge is 0.340 e. The Bertz CT molecular complexity index is 504. The average molecular weight is 314 g/mol. The molecule has 1 unspecified atom stereocenters. The second kappa shape index (κ2) is 7.20. The summed E-state index contributed by atoms with van der Waals surface area (Å²) in [7, 11) is 2.04. The van der Waals surface area contributed by atoms with Gasteiger partial charge in [-0.2, -0.15) is 0 Å². The SMILES string of the molecule is CN1CCN(C(=O)C(CN)Cc2ccc(F)c(Cl)c2)CC1. The van der Waals surface area contributed by atoms with Crippen LogP contribution < -0.4 is 5.73 Å². The Morgan fingerprint density at radius 2 is 2.05 bits per heavy atom. The Kier molecular flexibility index (Phi) is 5.56. The molecule has 1 aromatic carbocycles. The number of carbonyl (C=O) groups is 1. The molecule has 0 saturated carbocycles. The summed E-state index contributed by atoms with van der Waals surface area (Å²) < 4.78 is 13.2. The Morgan fingerprint density at radius 3 is 2.62 bits per heavy atom. The second-order valence-electron chi connectivity index (χ2n) is 5.51. The number of nitrogens with zero attached hydrogens (tertiary/aromatic N) is 2. The van der Waals surface area contributed by atoms with E-state index in [1.165, 1.54) is 6.07 Å². The van der Waals surface area contributed by atoms with Crippen LogP contribution in [0.4, 0.5) is 4.39 Å². The zero-order valence-electron chi connectivity index (χ0n) is 12.2. The quantitative estimate of drug-likeness (QED) is 0.913. The minimum atomic E-state index is -0.449. The number of likely N-dealkylation sites (N-methyl/N-ethyl adjacent to an activating group) is 1. The van der Waals surface area contributed by atoms with Crippen LogP contribution in [0.5, 0.6) is 0 Å². The Balaban J connectivity index is 2.01. The molecule has 0 aromatic heterocycles. The molecule has 2 rings (SSSR count). The van der Waals surface area contributed by atoms with Gasteiger partial charge < -0.3 is 15.5 Å². The average Bonchev–Trinajstić information content (AvgIpc) is 2.48. The van der Waals surface area contributed by atoms with Gasteiger partial charge in [-0.3, -0.25) is 4.79 Å². The molecular formula is C15H21ClFN3O. The van der Waals surface area contributed by atoms with Gasteiger partial charge in [-0.15, -0.1) is 0 Å². The molecule has 1 atom stereocenters. The zero-order valence-corrected chi connectivity index (χ0v) is 12.9. The number of hydrogen-bond donors (Lipinski definition) is 1. The number of halogens is 2. The number of nitrogens with two attached hydrogens (primary N) is 1. The van der Waals surface area contributed by atoms with E-state index in [2.05, 4.69) is 4.90 Å². The molecule has 1 amide bonds. The van der Waals surface area contributed by atoms with Gasteiger partial charge >= 0.3 is 0 Å². The van der Waals surface area contributed by atoms with Crippen LogP contribution in [0.25, 0.3) is 0 Å². The molecule has 0 spiro atoms. The molecule has 4 nitrogen and oxygen atoms in total. The highest BCUT2D eigenvalue weighted by Gasteiger charge is 2.26. The highest BCUT2D eigenvalue weighted by molar-refractivity contribution is 6.30. The summed E-state index contributed by atoms with van der Waals surface area (Å²) in [5.41, 5.74) is 6.59. The maximum atomic E-state index is 13.2. The van der Waals surface area contributed by atoms with Crippen molar-refractivity contribution in [1.82, 2.24) is 9.80 Å². The van der Waals surface area contributed by atoms with Crippen LogP contribution >= 0.6 is 11.6 Å². The van der Waals surface area contributed by atoms with Crippen molar-refractivity contribution >= 4 is 17.5 Å². The van der Waals surface area contributed by atoms with E-state index in [4.69, 9.17) is 17.3 Å². The molecule has 2 N–H and O–H groups in total. The number of hydrogen-bond acceptors (Lipinski definition) is 3. The van der Waals surface area contributed by atoms with Gasteiger partial charge in [0.2, 0.25) is 5.91 Å². The molecule has 1 heterocycles. The third-order valence-corrected chi connectivity index (χ3v) is 4.20. The fraction of sp³-hybridized carbons (Fsp3) is 0.533. The summed E-state index contributed by atoms with van der Waals surface area (Å²) in [5.74, 6) is -0.656. The first-order valence-corrected chi connectivity index (χ1v) is 7.50. The fourth-order valence-corrected chi connectivity index (χ4v) is 2.71. The maximum Gasteiger partial charge on any atom is 0.227 e. The van der Waals surface area contributed by atoms with Crippen LogP contribution in [0.3, 0.4) is 0 Å². The molecule has 1 fully saturated rings. The smallest absolute Gasteiger partial charge is 0.227 e. The molecule has 0 aliphatic carbocycles. The highest BCUT2D eigenvalue weighted by Crippen LogP contribution is 2.19. The van der Waals surface area contributed by atoms with E-state index < -0.39 is 5.82 Å². The molecule has 1 saturated heterocycles. The van der Waals surface area contributed by atoms with E-state index in [0.717, 1.165) is 31.7 Å². The van der Waals surface area contributed by atoms with Gasteiger partial charge in [-0.1, -0.05) is 17.7 Å². The van der Waals surface area contributed by atoms with Gasteiger partial charge in [-0.25, -0.2) is 4.39 Å². The summed E-state index contributed by atoms with van der Waals surface area (Å²) in [4.78, 5) is 16.6. The topological polar surface area (TPSA) is 49.6 Å². The van der Waals surface area contributed by atoms with Gasteiger partial charge in [0.1, 0.15) is 5.82 Å². The van der Waals surface area contributed by atoms with Crippen LogP contribution in [0, 0.1) is 11.7 Å². The molecule has 1 aromatic rings. The Labute approximate surface area is 129 Å². The van der Waals surface area contributed by atoms with Gasteiger partial charge in [0, 0.05) is 32.7 Å². The molecule has 116 valence electrons. The van der Waals surface area contributed by atoms with E-state index in [1.807, 2.05) is 11.9 Å². The van der Waals surface area contributed by atoms with E-state index in [1.54, 1.807) is 12.1 Å². The van der Waals surface area contributed by atoms with Gasteiger partial charge in [0.05, 0.1) is 10.9 Å². The van der Waals surface area contributed by atoms with Gasteiger partial charge in [0.15, 0.2) is 0 Å². The predicted octanol–water partition coefficient (Wildman–Crippen LogP) is 1.37. The first-order chi connectivity index (χ1) is 10.0. The zero-order chi connectivity index (χ0) is 15.4. The molecule has 6 heteroatoms. The van der Waals surface area contributed by atoms with Gasteiger partial charge in [0.25, 0.3) is 0 Å². The summed E-state index contributed by atoms with van der Waals surface area (Å²) >= 11 is 5.78. The van der Waals surface area contributed by atoms with Crippen molar-refractivity contribution in [3.05, 3.63) is 34.6 Å². The molecule has 1 aliphatic heterocycles. The lowest BCUT2D eigenvalue weighted by atomic mass is 9.97. The van der Waals surface area contributed by atoms with Crippen LogP contribution in [-0.4, -0.2) is 55.5 Å². The first-order valence-electron chi connectivity index (χ1n) is 7.12. The van der Waals surface area contributed by atoms with Crippen LogP contribution in [-0.2, 0) is 11.2 Å². The molecule has 0 radical (unpaired) electrons. The summed E-state index contributed by atoms with van der Waals surface area (Å²) in [6.45, 7) is 3.50. The molecule has 0 bridgehead atoms. The van der Waals surface area contributed by atoms with Crippen molar-refractivity contribution < 1.29 is 9.18 Å². The number of carbonyl (C=O) groups excluding carboxylic acids is 1. The predicted molar refractivity (Wildman–Crippen MR) is 81.7 cm³/mol. The third kappa shape index (κ3) is 4.15. The minimum Gasteiger partial charge on any atom is -0.340 e. The van der Waals surface area contributed by atoms with E-state index in [0.29, 0.717) is 6.42 Å². The van der Waals surface area contributed by atoms with Crippen molar-refractivity contribution in [2.75, 3.05) is 39.8 Å². The van der Waals surface area contributed by atoms with Crippen LogP contribution in [0.1, 0.15) is 5.56 Å². The molecular weight excluding hydrogens is 293 g/mol. The number of rotatable bonds is 4. The number of amides is 1. The van der Waals surface area contributed by atoms with E-state index >= 15 is 0 Å². The normalized spacial score (nSPS) is 17.8. The Hall–Kier alpha value is -1.17. The number of piperazine rings is 1. The lowest BCUT2D eigenvalue weighted by Crippen LogP contribution is -2.50. The maximum absolute atomic E-state index is 13.2. The summed E-state index contributed by atoms with van der Waals surface area (Å²) in [5, 5.41) is 0.0790. The highest BCUT2D eigenvalue weighted by atomic mass is 35.5. The molecule has 21 heavy (non-hydrogen) atoms. The monoisotopic (exact) mass is 313 g/mol. The van der Waals surface area contributed by atoms with E-state index in [-0.39, 0.29) is 23.4 Å². The number of benzene rings is 1.